The van der Waals surface area contributed by atoms with E-state index in [2.05, 4.69) is 101 Å². The van der Waals surface area contributed by atoms with Crippen molar-refractivity contribution < 1.29 is 0 Å². The molecule has 0 aromatic heterocycles. The summed E-state index contributed by atoms with van der Waals surface area (Å²) >= 11 is 0. The maximum Gasteiger partial charge on any atom is 0.191 e. The fraction of sp³-hybridized carbons (Fsp3) is 0.435. The van der Waals surface area contributed by atoms with Gasteiger partial charge in [-0.05, 0) is 36.6 Å². The van der Waals surface area contributed by atoms with E-state index in [0.29, 0.717) is 12.1 Å². The Hall–Kier alpha value is -2.53. The summed E-state index contributed by atoms with van der Waals surface area (Å²) in [6.45, 7) is 5.12. The Labute approximate surface area is 169 Å². The van der Waals surface area contributed by atoms with Gasteiger partial charge in [0.25, 0.3) is 0 Å². The number of nitrogens with one attached hydrogen (secondary N) is 2. The van der Waals surface area contributed by atoms with Gasteiger partial charge in [0.1, 0.15) is 0 Å². The molecular formula is C23H33N5. The van der Waals surface area contributed by atoms with Crippen molar-refractivity contribution in [1.82, 2.24) is 15.5 Å². The molecule has 28 heavy (non-hydrogen) atoms. The Morgan fingerprint density at radius 2 is 1.79 bits per heavy atom. The third-order valence-electron chi connectivity index (χ3n) is 5.41. The number of benzene rings is 2. The quantitative estimate of drug-likeness (QED) is 0.598. The Balaban J connectivity index is 1.49. The molecule has 2 N–H and O–H groups in total. The molecule has 0 radical (unpaired) electrons. The van der Waals surface area contributed by atoms with Crippen LogP contribution in [-0.4, -0.2) is 50.6 Å². The van der Waals surface area contributed by atoms with E-state index in [4.69, 9.17) is 0 Å². The molecule has 2 aromatic rings. The molecule has 2 unspecified atom stereocenters. The van der Waals surface area contributed by atoms with Crippen molar-refractivity contribution in [3.05, 3.63) is 65.7 Å². The number of hydrogen-bond donors (Lipinski definition) is 2. The largest absolute Gasteiger partial charge is 0.378 e. The van der Waals surface area contributed by atoms with Crippen molar-refractivity contribution in [2.45, 2.75) is 38.5 Å². The van der Waals surface area contributed by atoms with E-state index >= 15 is 0 Å². The molecule has 1 heterocycles. The molecule has 5 nitrogen and oxygen atoms in total. The lowest BCUT2D eigenvalue weighted by atomic mass is 10.2. The summed E-state index contributed by atoms with van der Waals surface area (Å²) in [7, 11) is 5.95. The summed E-state index contributed by atoms with van der Waals surface area (Å²) in [6, 6.07) is 20.3. The summed E-state index contributed by atoms with van der Waals surface area (Å²) in [5, 5.41) is 7.05. The number of guanidine groups is 1. The highest BCUT2D eigenvalue weighted by molar-refractivity contribution is 5.80. The second kappa shape index (κ2) is 9.60. The number of hydrogen-bond acceptors (Lipinski definition) is 3. The Morgan fingerprint density at radius 3 is 2.43 bits per heavy atom. The van der Waals surface area contributed by atoms with Crippen LogP contribution in [-0.2, 0) is 13.1 Å². The third kappa shape index (κ3) is 5.49. The van der Waals surface area contributed by atoms with Crippen LogP contribution in [0.15, 0.2) is 59.6 Å². The molecule has 3 rings (SSSR count). The molecule has 2 atom stereocenters. The zero-order valence-corrected chi connectivity index (χ0v) is 17.5. The standard InChI is InChI=1S/C23H33N5/c1-18-14-21(17-28(18)16-20-8-6-5-7-9-20)26-23(24-2)25-15-19-10-12-22(13-11-19)27(3)4/h5-13,18,21H,14-17H2,1-4H3,(H2,24,25,26). The fourth-order valence-corrected chi connectivity index (χ4v) is 3.73. The van der Waals surface area contributed by atoms with Crippen LogP contribution in [0.2, 0.25) is 0 Å². The van der Waals surface area contributed by atoms with Crippen LogP contribution in [0.4, 0.5) is 5.69 Å². The van der Waals surface area contributed by atoms with Crippen LogP contribution in [0.3, 0.4) is 0 Å². The minimum Gasteiger partial charge on any atom is -0.378 e. The molecule has 1 aliphatic heterocycles. The summed E-state index contributed by atoms with van der Waals surface area (Å²) in [4.78, 5) is 9.07. The first-order valence-electron chi connectivity index (χ1n) is 10.1. The van der Waals surface area contributed by atoms with Gasteiger partial charge in [0.15, 0.2) is 5.96 Å². The van der Waals surface area contributed by atoms with Crippen LogP contribution in [0.1, 0.15) is 24.5 Å². The van der Waals surface area contributed by atoms with Crippen LogP contribution >= 0.6 is 0 Å². The maximum atomic E-state index is 4.41. The number of nitrogens with zero attached hydrogens (tertiary/aromatic N) is 3. The molecule has 150 valence electrons. The minimum atomic E-state index is 0.418. The highest BCUT2D eigenvalue weighted by atomic mass is 15.3. The topological polar surface area (TPSA) is 42.9 Å². The maximum absolute atomic E-state index is 4.41. The van der Waals surface area contributed by atoms with E-state index < -0.39 is 0 Å². The van der Waals surface area contributed by atoms with Crippen LogP contribution in [0, 0.1) is 0 Å². The molecule has 0 amide bonds. The van der Waals surface area contributed by atoms with Crippen molar-refractivity contribution in [2.24, 2.45) is 4.99 Å². The molecular weight excluding hydrogens is 346 g/mol. The smallest absolute Gasteiger partial charge is 0.191 e. The predicted molar refractivity (Wildman–Crippen MR) is 119 cm³/mol. The van der Waals surface area contributed by atoms with Gasteiger partial charge in [-0.1, -0.05) is 42.5 Å². The Bertz CT molecular complexity index is 754. The SMILES string of the molecule is CN=C(NCc1ccc(N(C)C)cc1)NC1CC(C)N(Cc2ccccc2)C1. The lowest BCUT2D eigenvalue weighted by Crippen LogP contribution is -2.44. The number of rotatable bonds is 6. The zero-order chi connectivity index (χ0) is 19.9. The molecule has 1 aliphatic rings. The summed E-state index contributed by atoms with van der Waals surface area (Å²) in [5.41, 5.74) is 3.84. The van der Waals surface area contributed by atoms with Crippen molar-refractivity contribution in [1.29, 1.82) is 0 Å². The van der Waals surface area contributed by atoms with Crippen molar-refractivity contribution in [3.8, 4) is 0 Å². The first kappa shape index (κ1) is 20.2. The molecule has 0 saturated carbocycles. The van der Waals surface area contributed by atoms with Gasteiger partial charge in [0.2, 0.25) is 0 Å². The molecule has 0 aliphatic carbocycles. The van der Waals surface area contributed by atoms with Gasteiger partial charge in [-0.15, -0.1) is 0 Å². The van der Waals surface area contributed by atoms with Gasteiger partial charge < -0.3 is 15.5 Å². The van der Waals surface area contributed by atoms with Crippen LogP contribution < -0.4 is 15.5 Å². The van der Waals surface area contributed by atoms with Gasteiger partial charge in [-0.25, -0.2) is 0 Å². The van der Waals surface area contributed by atoms with E-state index in [1.807, 2.05) is 7.05 Å². The van der Waals surface area contributed by atoms with Gasteiger partial charge >= 0.3 is 0 Å². The first-order chi connectivity index (χ1) is 13.5. The normalized spacial score (nSPS) is 20.2. The fourth-order valence-electron chi connectivity index (χ4n) is 3.73. The second-order valence-electron chi connectivity index (χ2n) is 7.83. The lowest BCUT2D eigenvalue weighted by Gasteiger charge is -2.21. The Kier molecular flexibility index (Phi) is 6.93. The zero-order valence-electron chi connectivity index (χ0n) is 17.5. The summed E-state index contributed by atoms with van der Waals surface area (Å²) < 4.78 is 0. The number of likely N-dealkylation sites (tertiary alicyclic amines) is 1. The molecule has 2 aromatic carbocycles. The van der Waals surface area contributed by atoms with Gasteiger partial charge in [-0.3, -0.25) is 9.89 Å². The average molecular weight is 380 g/mol. The molecule has 1 fully saturated rings. The average Bonchev–Trinajstić information content (AvgIpc) is 3.05. The second-order valence-corrected chi connectivity index (χ2v) is 7.83. The summed E-state index contributed by atoms with van der Waals surface area (Å²) in [5.74, 6) is 0.871. The van der Waals surface area contributed by atoms with E-state index in [1.54, 1.807) is 0 Å². The van der Waals surface area contributed by atoms with Crippen molar-refractivity contribution in [3.63, 3.8) is 0 Å². The highest BCUT2D eigenvalue weighted by Gasteiger charge is 2.29. The van der Waals surface area contributed by atoms with Gasteiger partial charge in [0.05, 0.1) is 0 Å². The molecule has 5 heteroatoms. The lowest BCUT2D eigenvalue weighted by molar-refractivity contribution is 0.258. The monoisotopic (exact) mass is 379 g/mol. The Morgan fingerprint density at radius 1 is 1.07 bits per heavy atom. The number of aliphatic imine (C=N–C) groups is 1. The minimum absolute atomic E-state index is 0.418. The number of anilines is 1. The predicted octanol–water partition coefficient (Wildman–Crippen LogP) is 3.08. The van der Waals surface area contributed by atoms with Gasteiger partial charge in [0, 0.05) is 58.5 Å². The molecule has 0 spiro atoms. The highest BCUT2D eigenvalue weighted by Crippen LogP contribution is 2.20. The van der Waals surface area contributed by atoms with Crippen molar-refractivity contribution in [2.75, 3.05) is 32.6 Å². The van der Waals surface area contributed by atoms with Gasteiger partial charge in [-0.2, -0.15) is 0 Å². The van der Waals surface area contributed by atoms with E-state index in [0.717, 1.165) is 32.0 Å². The third-order valence-corrected chi connectivity index (χ3v) is 5.41. The van der Waals surface area contributed by atoms with Crippen molar-refractivity contribution >= 4 is 11.6 Å². The van der Waals surface area contributed by atoms with E-state index in [9.17, 15) is 0 Å². The van der Waals surface area contributed by atoms with E-state index in [1.165, 1.54) is 16.8 Å². The van der Waals surface area contributed by atoms with Crippen LogP contribution in [0.25, 0.3) is 0 Å². The van der Waals surface area contributed by atoms with Crippen LogP contribution in [0.5, 0.6) is 0 Å². The summed E-state index contributed by atoms with van der Waals surface area (Å²) in [6.07, 6.45) is 1.13. The molecule has 0 bridgehead atoms. The van der Waals surface area contributed by atoms with E-state index in [-0.39, 0.29) is 0 Å². The molecule has 1 saturated heterocycles. The first-order valence-corrected chi connectivity index (χ1v) is 10.1.